The summed E-state index contributed by atoms with van der Waals surface area (Å²) in [6, 6.07) is 8.96. The average Bonchev–Trinajstić information content (AvgIpc) is 2.80. The van der Waals surface area contributed by atoms with Crippen LogP contribution in [0.3, 0.4) is 0 Å². The second kappa shape index (κ2) is 7.37. The van der Waals surface area contributed by atoms with Crippen molar-refractivity contribution in [3.05, 3.63) is 36.0 Å². The van der Waals surface area contributed by atoms with Gasteiger partial charge in [0.2, 0.25) is 0 Å². The molecule has 1 heteroatoms. The van der Waals surface area contributed by atoms with Crippen molar-refractivity contribution in [1.29, 1.82) is 0 Å². The lowest BCUT2D eigenvalue weighted by Crippen LogP contribution is -1.96. The minimum Gasteiger partial charge on any atom is -0.347 e. The Labute approximate surface area is 117 Å². The molecule has 0 radical (unpaired) electrons. The van der Waals surface area contributed by atoms with Gasteiger partial charge in [-0.25, -0.2) is 0 Å². The van der Waals surface area contributed by atoms with Crippen LogP contribution in [-0.2, 0) is 6.54 Å². The van der Waals surface area contributed by atoms with E-state index in [0.717, 1.165) is 0 Å². The maximum Gasteiger partial charge on any atom is 0.0482 e. The predicted molar refractivity (Wildman–Crippen MR) is 84.7 cm³/mol. The van der Waals surface area contributed by atoms with E-state index >= 15 is 0 Å². The largest absolute Gasteiger partial charge is 0.347 e. The molecule has 0 N–H and O–H groups in total. The predicted octanol–water partition coefficient (Wildman–Crippen LogP) is 5.70. The molecule has 0 unspecified atom stereocenters. The molecule has 0 aliphatic carbocycles. The lowest BCUT2D eigenvalue weighted by atomic mass is 10.1. The quantitative estimate of drug-likeness (QED) is 0.534. The first kappa shape index (κ1) is 14.2. The molecule has 1 aromatic carbocycles. The van der Waals surface area contributed by atoms with Crippen molar-refractivity contribution in [2.24, 2.45) is 0 Å². The van der Waals surface area contributed by atoms with Gasteiger partial charge in [0.25, 0.3) is 0 Å². The van der Waals surface area contributed by atoms with E-state index in [9.17, 15) is 0 Å². The SMILES string of the molecule is CCCCCCCCCn1ccc2ccc(C)cc21. The second-order valence-electron chi connectivity index (χ2n) is 5.69. The van der Waals surface area contributed by atoms with Crippen molar-refractivity contribution in [3.8, 4) is 0 Å². The van der Waals surface area contributed by atoms with E-state index in [1.807, 2.05) is 0 Å². The minimum atomic E-state index is 1.17. The highest BCUT2D eigenvalue weighted by Gasteiger charge is 2.00. The molecule has 0 aliphatic heterocycles. The van der Waals surface area contributed by atoms with Crippen LogP contribution in [0.25, 0.3) is 10.9 Å². The van der Waals surface area contributed by atoms with Gasteiger partial charge in [-0.15, -0.1) is 0 Å². The number of hydrogen-bond donors (Lipinski definition) is 0. The molecule has 0 bridgehead atoms. The Balaban J connectivity index is 1.77. The molecule has 1 aromatic heterocycles. The van der Waals surface area contributed by atoms with Crippen molar-refractivity contribution in [1.82, 2.24) is 4.57 Å². The molecule has 0 atom stereocenters. The fourth-order valence-corrected chi connectivity index (χ4v) is 2.73. The van der Waals surface area contributed by atoms with E-state index in [1.54, 1.807) is 0 Å². The Morgan fingerprint density at radius 3 is 2.42 bits per heavy atom. The zero-order valence-corrected chi connectivity index (χ0v) is 12.5. The molecule has 0 saturated carbocycles. The van der Waals surface area contributed by atoms with Gasteiger partial charge in [0.05, 0.1) is 0 Å². The van der Waals surface area contributed by atoms with Gasteiger partial charge in [0.15, 0.2) is 0 Å². The number of aryl methyl sites for hydroxylation is 2. The summed E-state index contributed by atoms with van der Waals surface area (Å²) in [4.78, 5) is 0. The van der Waals surface area contributed by atoms with Gasteiger partial charge in [-0.3, -0.25) is 0 Å². The first-order chi connectivity index (χ1) is 9.31. The van der Waals surface area contributed by atoms with Crippen LogP contribution < -0.4 is 0 Å². The Morgan fingerprint density at radius 2 is 1.63 bits per heavy atom. The van der Waals surface area contributed by atoms with E-state index in [-0.39, 0.29) is 0 Å². The Kier molecular flexibility index (Phi) is 5.50. The summed E-state index contributed by atoms with van der Waals surface area (Å²) < 4.78 is 2.41. The molecular weight excluding hydrogens is 230 g/mol. The third-order valence-electron chi connectivity index (χ3n) is 3.93. The molecule has 0 fully saturated rings. The number of benzene rings is 1. The summed E-state index contributed by atoms with van der Waals surface area (Å²) in [5.41, 5.74) is 2.75. The van der Waals surface area contributed by atoms with E-state index in [1.165, 1.54) is 68.0 Å². The Bertz CT molecular complexity index is 495. The molecule has 104 valence electrons. The Hall–Kier alpha value is -1.24. The maximum absolute atomic E-state index is 2.41. The Morgan fingerprint density at radius 1 is 0.895 bits per heavy atom. The molecule has 0 spiro atoms. The highest BCUT2D eigenvalue weighted by molar-refractivity contribution is 5.80. The smallest absolute Gasteiger partial charge is 0.0482 e. The summed E-state index contributed by atoms with van der Waals surface area (Å²) in [7, 11) is 0. The van der Waals surface area contributed by atoms with E-state index in [0.29, 0.717) is 0 Å². The van der Waals surface area contributed by atoms with Gasteiger partial charge in [-0.05, 0) is 36.4 Å². The maximum atomic E-state index is 2.41. The van der Waals surface area contributed by atoms with Crippen LogP contribution in [0.2, 0.25) is 0 Å². The summed E-state index contributed by atoms with van der Waals surface area (Å²) in [5.74, 6) is 0. The van der Waals surface area contributed by atoms with Crippen molar-refractivity contribution >= 4 is 10.9 Å². The number of rotatable bonds is 8. The highest BCUT2D eigenvalue weighted by Crippen LogP contribution is 2.18. The highest BCUT2D eigenvalue weighted by atomic mass is 14.9. The summed E-state index contributed by atoms with van der Waals surface area (Å²) in [5, 5.41) is 1.37. The number of hydrogen-bond acceptors (Lipinski definition) is 0. The second-order valence-corrected chi connectivity index (χ2v) is 5.69. The molecule has 2 rings (SSSR count). The molecule has 1 heterocycles. The van der Waals surface area contributed by atoms with Gasteiger partial charge < -0.3 is 4.57 Å². The van der Waals surface area contributed by atoms with Crippen molar-refractivity contribution < 1.29 is 0 Å². The van der Waals surface area contributed by atoms with Gasteiger partial charge >= 0.3 is 0 Å². The summed E-state index contributed by atoms with van der Waals surface area (Å²) in [6.45, 7) is 5.62. The summed E-state index contributed by atoms with van der Waals surface area (Å²) in [6.07, 6.45) is 11.9. The third kappa shape index (κ3) is 4.12. The topological polar surface area (TPSA) is 4.93 Å². The van der Waals surface area contributed by atoms with Gasteiger partial charge in [-0.2, -0.15) is 0 Å². The summed E-state index contributed by atoms with van der Waals surface area (Å²) >= 11 is 0. The third-order valence-corrected chi connectivity index (χ3v) is 3.93. The van der Waals surface area contributed by atoms with Crippen LogP contribution in [0.1, 0.15) is 57.4 Å². The molecule has 0 aliphatic rings. The molecule has 1 nitrogen and oxygen atoms in total. The van der Waals surface area contributed by atoms with Gasteiger partial charge in [0.1, 0.15) is 0 Å². The first-order valence-corrected chi connectivity index (χ1v) is 7.87. The first-order valence-electron chi connectivity index (χ1n) is 7.87. The lowest BCUT2D eigenvalue weighted by molar-refractivity contribution is 0.556. The van der Waals surface area contributed by atoms with Crippen LogP contribution in [0.15, 0.2) is 30.5 Å². The van der Waals surface area contributed by atoms with Crippen LogP contribution in [0.5, 0.6) is 0 Å². The lowest BCUT2D eigenvalue weighted by Gasteiger charge is -2.06. The number of unbranched alkanes of at least 4 members (excludes halogenated alkanes) is 6. The van der Waals surface area contributed by atoms with Gasteiger partial charge in [-0.1, -0.05) is 57.6 Å². The van der Waals surface area contributed by atoms with Crippen molar-refractivity contribution in [3.63, 3.8) is 0 Å². The molecule has 0 saturated heterocycles. The van der Waals surface area contributed by atoms with Crippen molar-refractivity contribution in [2.75, 3.05) is 0 Å². The number of fused-ring (bicyclic) bond motifs is 1. The molecule has 19 heavy (non-hydrogen) atoms. The molecule has 0 amide bonds. The fourth-order valence-electron chi connectivity index (χ4n) is 2.73. The average molecular weight is 257 g/mol. The van der Waals surface area contributed by atoms with Crippen LogP contribution in [0.4, 0.5) is 0 Å². The molecule has 2 aromatic rings. The molecular formula is C18H27N. The van der Waals surface area contributed by atoms with Crippen LogP contribution in [-0.4, -0.2) is 4.57 Å². The normalized spacial score (nSPS) is 11.3. The van der Waals surface area contributed by atoms with Crippen LogP contribution >= 0.6 is 0 Å². The zero-order valence-electron chi connectivity index (χ0n) is 12.5. The minimum absolute atomic E-state index is 1.17. The zero-order chi connectivity index (χ0) is 13.5. The van der Waals surface area contributed by atoms with E-state index in [2.05, 4.69) is 48.9 Å². The van der Waals surface area contributed by atoms with Crippen LogP contribution in [0, 0.1) is 6.92 Å². The van der Waals surface area contributed by atoms with E-state index in [4.69, 9.17) is 0 Å². The van der Waals surface area contributed by atoms with Crippen molar-refractivity contribution in [2.45, 2.75) is 65.3 Å². The monoisotopic (exact) mass is 257 g/mol. The number of aromatic nitrogens is 1. The standard InChI is InChI=1S/C18H27N/c1-3-4-5-6-7-8-9-13-19-14-12-17-11-10-16(2)15-18(17)19/h10-12,14-15H,3-9,13H2,1-2H3. The van der Waals surface area contributed by atoms with E-state index < -0.39 is 0 Å². The van der Waals surface area contributed by atoms with Gasteiger partial charge in [0, 0.05) is 18.3 Å². The fraction of sp³-hybridized carbons (Fsp3) is 0.556. The number of nitrogens with zero attached hydrogens (tertiary/aromatic N) is 1.